The molecule has 7 heteroatoms. The van der Waals surface area contributed by atoms with E-state index in [4.69, 9.17) is 4.42 Å². The first-order valence-electron chi connectivity index (χ1n) is 8.34. The highest BCUT2D eigenvalue weighted by atomic mass is 32.2. The zero-order valence-corrected chi connectivity index (χ0v) is 16.0. The molecule has 0 saturated heterocycles. The van der Waals surface area contributed by atoms with E-state index in [1.165, 1.54) is 17.6 Å². The summed E-state index contributed by atoms with van der Waals surface area (Å²) >= 11 is 1.34. The lowest BCUT2D eigenvalue weighted by atomic mass is 9.99. The summed E-state index contributed by atoms with van der Waals surface area (Å²) in [5.74, 6) is 0.293. The van der Waals surface area contributed by atoms with Gasteiger partial charge in [0.1, 0.15) is 5.76 Å². The van der Waals surface area contributed by atoms with Gasteiger partial charge in [-0.1, -0.05) is 31.5 Å². The molecule has 0 aliphatic carbocycles. The van der Waals surface area contributed by atoms with Crippen LogP contribution in [0.4, 0.5) is 0 Å². The average Bonchev–Trinajstić information content (AvgIpc) is 3.34. The minimum atomic E-state index is -3.75. The van der Waals surface area contributed by atoms with Crippen molar-refractivity contribution in [1.82, 2.24) is 4.72 Å². The maximum absolute atomic E-state index is 12.6. The Bertz CT molecular complexity index is 880. The molecular weight excluding hydrogens is 370 g/mol. The van der Waals surface area contributed by atoms with Crippen molar-refractivity contribution in [2.45, 2.75) is 30.3 Å². The van der Waals surface area contributed by atoms with Crippen LogP contribution in [0, 0.1) is 0 Å². The summed E-state index contributed by atoms with van der Waals surface area (Å²) in [5, 5.41) is 13.0. The summed E-state index contributed by atoms with van der Waals surface area (Å²) < 4.78 is 33.1. The Hall–Kier alpha value is -1.93. The van der Waals surface area contributed by atoms with Gasteiger partial charge in [0, 0.05) is 4.88 Å². The number of aryl methyl sites for hydroxylation is 1. The maximum atomic E-state index is 12.6. The molecule has 0 spiro atoms. The number of benzene rings is 1. The molecule has 2 aromatic heterocycles. The number of aliphatic hydroxyl groups is 1. The summed E-state index contributed by atoms with van der Waals surface area (Å²) in [6, 6.07) is 13.7. The third-order valence-electron chi connectivity index (χ3n) is 4.15. The molecule has 0 aliphatic rings. The second-order valence-corrected chi connectivity index (χ2v) is 8.75. The molecule has 1 unspecified atom stereocenters. The number of hydrogen-bond acceptors (Lipinski definition) is 5. The summed E-state index contributed by atoms with van der Waals surface area (Å²) in [6.45, 7) is 1.85. The number of hydrogen-bond donors (Lipinski definition) is 2. The van der Waals surface area contributed by atoms with Crippen molar-refractivity contribution < 1.29 is 17.9 Å². The Morgan fingerprint density at radius 3 is 2.50 bits per heavy atom. The molecule has 0 aliphatic heterocycles. The molecule has 3 rings (SSSR count). The van der Waals surface area contributed by atoms with Gasteiger partial charge < -0.3 is 9.52 Å². The summed E-state index contributed by atoms with van der Waals surface area (Å²) in [7, 11) is -3.75. The van der Waals surface area contributed by atoms with Gasteiger partial charge in [-0.05, 0) is 47.7 Å². The second-order valence-electron chi connectivity index (χ2n) is 6.03. The lowest BCUT2D eigenvalue weighted by Gasteiger charge is -2.25. The van der Waals surface area contributed by atoms with Gasteiger partial charge in [0.25, 0.3) is 0 Å². The number of rotatable bonds is 8. The van der Waals surface area contributed by atoms with Crippen molar-refractivity contribution in [2.24, 2.45) is 0 Å². The number of furan rings is 1. The van der Waals surface area contributed by atoms with E-state index in [-0.39, 0.29) is 11.4 Å². The predicted molar refractivity (Wildman–Crippen MR) is 102 cm³/mol. The van der Waals surface area contributed by atoms with Crippen molar-refractivity contribution in [1.29, 1.82) is 0 Å². The van der Waals surface area contributed by atoms with Crippen molar-refractivity contribution in [3.8, 4) is 0 Å². The first-order chi connectivity index (χ1) is 12.5. The van der Waals surface area contributed by atoms with Crippen LogP contribution in [0.25, 0.3) is 0 Å². The van der Waals surface area contributed by atoms with Gasteiger partial charge in [0.15, 0.2) is 5.60 Å². The molecule has 5 nitrogen and oxygen atoms in total. The summed E-state index contributed by atoms with van der Waals surface area (Å²) in [5.41, 5.74) is -0.468. The Morgan fingerprint density at radius 1 is 1.15 bits per heavy atom. The van der Waals surface area contributed by atoms with Gasteiger partial charge in [-0.25, -0.2) is 13.1 Å². The second kappa shape index (κ2) is 7.75. The van der Waals surface area contributed by atoms with Crippen molar-refractivity contribution in [3.63, 3.8) is 0 Å². The molecule has 1 atom stereocenters. The minimum Gasteiger partial charge on any atom is -0.466 e. The first kappa shape index (κ1) is 18.8. The molecule has 0 bridgehead atoms. The Balaban J connectivity index is 1.82. The van der Waals surface area contributed by atoms with Crippen LogP contribution in [0.3, 0.4) is 0 Å². The van der Waals surface area contributed by atoms with Crippen LogP contribution in [-0.4, -0.2) is 20.1 Å². The van der Waals surface area contributed by atoms with Gasteiger partial charge >= 0.3 is 0 Å². The average molecular weight is 392 g/mol. The number of nitrogens with one attached hydrogen (secondary N) is 1. The normalized spacial score (nSPS) is 14.2. The van der Waals surface area contributed by atoms with Crippen LogP contribution in [0.5, 0.6) is 0 Å². The molecule has 0 amide bonds. The van der Waals surface area contributed by atoms with Gasteiger partial charge in [-0.3, -0.25) is 0 Å². The van der Waals surface area contributed by atoms with E-state index in [0.29, 0.717) is 10.6 Å². The molecule has 0 fully saturated rings. The Labute approximate surface area is 157 Å². The van der Waals surface area contributed by atoms with Gasteiger partial charge in [-0.2, -0.15) is 0 Å². The molecule has 0 saturated carbocycles. The summed E-state index contributed by atoms with van der Waals surface area (Å²) in [6.07, 6.45) is 3.36. The first-order valence-corrected chi connectivity index (χ1v) is 10.7. The topological polar surface area (TPSA) is 79.5 Å². The van der Waals surface area contributed by atoms with E-state index in [0.717, 1.165) is 18.4 Å². The van der Waals surface area contributed by atoms with Crippen molar-refractivity contribution >= 4 is 21.4 Å². The van der Waals surface area contributed by atoms with Crippen molar-refractivity contribution in [2.75, 3.05) is 6.54 Å². The molecule has 1 aromatic carbocycles. The molecular formula is C19H21NO4S2. The highest BCUT2D eigenvalue weighted by Crippen LogP contribution is 2.33. The van der Waals surface area contributed by atoms with E-state index >= 15 is 0 Å². The van der Waals surface area contributed by atoms with E-state index in [1.54, 1.807) is 36.4 Å². The standard InChI is InChI=1S/C19H21NO4S2/c1-2-5-15-8-10-16(11-9-15)26(22,23)20-14-19(21,17-6-3-12-24-17)18-7-4-13-25-18/h3-4,6-13,20-21H,2,5,14H2,1H3. The highest BCUT2D eigenvalue weighted by Gasteiger charge is 2.37. The van der Waals surface area contributed by atoms with Crippen LogP contribution in [0.15, 0.2) is 69.5 Å². The largest absolute Gasteiger partial charge is 0.466 e. The third kappa shape index (κ3) is 3.91. The molecule has 3 aromatic rings. The minimum absolute atomic E-state index is 0.172. The fraction of sp³-hybridized carbons (Fsp3) is 0.263. The van der Waals surface area contributed by atoms with Crippen LogP contribution >= 0.6 is 11.3 Å². The molecule has 26 heavy (non-hydrogen) atoms. The number of sulfonamides is 1. The fourth-order valence-corrected chi connectivity index (χ4v) is 4.62. The third-order valence-corrected chi connectivity index (χ3v) is 6.59. The molecule has 138 valence electrons. The molecule has 2 heterocycles. The highest BCUT2D eigenvalue weighted by molar-refractivity contribution is 7.89. The van der Waals surface area contributed by atoms with E-state index in [9.17, 15) is 13.5 Å². The lowest BCUT2D eigenvalue weighted by molar-refractivity contribution is 0.0655. The Morgan fingerprint density at radius 2 is 1.92 bits per heavy atom. The van der Waals surface area contributed by atoms with Crippen molar-refractivity contribution in [3.05, 3.63) is 76.4 Å². The van der Waals surface area contributed by atoms with Crippen LogP contribution in [0.1, 0.15) is 29.5 Å². The van der Waals surface area contributed by atoms with Crippen LogP contribution < -0.4 is 4.72 Å². The Kier molecular flexibility index (Phi) is 5.62. The quantitative estimate of drug-likeness (QED) is 0.616. The molecule has 2 N–H and O–H groups in total. The van der Waals surface area contributed by atoms with E-state index in [2.05, 4.69) is 11.6 Å². The fourth-order valence-electron chi connectivity index (χ4n) is 2.73. The van der Waals surface area contributed by atoms with Gasteiger partial charge in [0.2, 0.25) is 10.0 Å². The predicted octanol–water partition coefficient (Wildman–Crippen LogP) is 3.51. The zero-order chi connectivity index (χ0) is 18.6. The lowest BCUT2D eigenvalue weighted by Crippen LogP contribution is -2.40. The van der Waals surface area contributed by atoms with Crippen LogP contribution in [-0.2, 0) is 22.0 Å². The zero-order valence-electron chi connectivity index (χ0n) is 14.4. The summed E-state index contributed by atoms with van der Waals surface area (Å²) in [4.78, 5) is 0.777. The monoisotopic (exact) mass is 391 g/mol. The van der Waals surface area contributed by atoms with E-state index in [1.807, 2.05) is 17.5 Å². The van der Waals surface area contributed by atoms with Gasteiger partial charge in [0.05, 0.1) is 17.7 Å². The number of thiophene rings is 1. The smallest absolute Gasteiger partial charge is 0.240 e. The van der Waals surface area contributed by atoms with Gasteiger partial charge in [-0.15, -0.1) is 11.3 Å². The SMILES string of the molecule is CCCc1ccc(S(=O)(=O)NCC(O)(c2ccco2)c2cccs2)cc1. The molecule has 0 radical (unpaired) electrons. The maximum Gasteiger partial charge on any atom is 0.240 e. The van der Waals surface area contributed by atoms with E-state index < -0.39 is 15.6 Å². The van der Waals surface area contributed by atoms with Crippen LogP contribution in [0.2, 0.25) is 0 Å².